The second-order valence-electron chi connectivity index (χ2n) is 6.87. The molecular weight excluding hydrogens is 372 g/mol. The highest BCUT2D eigenvalue weighted by Gasteiger charge is 2.33. The molecule has 29 heavy (non-hydrogen) atoms. The Kier molecular flexibility index (Phi) is 5.44. The quantitative estimate of drug-likeness (QED) is 0.600. The molecular formula is C21H22N4O4. The van der Waals surface area contributed by atoms with Gasteiger partial charge in [0.05, 0.1) is 12.4 Å². The fourth-order valence-electron chi connectivity index (χ4n) is 3.43. The Morgan fingerprint density at radius 1 is 1.10 bits per heavy atom. The van der Waals surface area contributed by atoms with Crippen LogP contribution in [0, 0.1) is 0 Å². The summed E-state index contributed by atoms with van der Waals surface area (Å²) in [6.07, 6.45) is 0. The van der Waals surface area contributed by atoms with Crippen molar-refractivity contribution in [3.8, 4) is 17.4 Å². The molecule has 4 rings (SSSR count). The minimum atomic E-state index is -0.738. The van der Waals surface area contributed by atoms with E-state index in [0.717, 1.165) is 19.6 Å². The van der Waals surface area contributed by atoms with Gasteiger partial charge < -0.3 is 19.3 Å². The van der Waals surface area contributed by atoms with Crippen LogP contribution < -0.4 is 14.5 Å². The molecule has 1 amide bonds. The van der Waals surface area contributed by atoms with Crippen LogP contribution in [0.4, 0.5) is 0 Å². The van der Waals surface area contributed by atoms with E-state index in [-0.39, 0.29) is 11.6 Å². The lowest BCUT2D eigenvalue weighted by atomic mass is 10.2. The van der Waals surface area contributed by atoms with Crippen molar-refractivity contribution in [3.05, 3.63) is 65.9 Å². The monoisotopic (exact) mass is 394 g/mol. The van der Waals surface area contributed by atoms with Crippen LogP contribution in [0.3, 0.4) is 0 Å². The number of benzene rings is 2. The predicted octanol–water partition coefficient (Wildman–Crippen LogP) is 0.992. The van der Waals surface area contributed by atoms with Crippen molar-refractivity contribution in [1.29, 1.82) is 0 Å². The number of amides is 1. The summed E-state index contributed by atoms with van der Waals surface area (Å²) in [5.41, 5.74) is 1.71. The molecule has 2 heterocycles. The van der Waals surface area contributed by atoms with Crippen molar-refractivity contribution >= 4 is 5.91 Å². The fraction of sp³-hybridized carbons (Fsp3) is 0.286. The molecule has 0 unspecified atom stereocenters. The maximum Gasteiger partial charge on any atom is 0.327 e. The maximum atomic E-state index is 13.0. The van der Waals surface area contributed by atoms with Gasteiger partial charge in [-0.3, -0.25) is 9.69 Å². The third kappa shape index (κ3) is 4.07. The van der Waals surface area contributed by atoms with Crippen molar-refractivity contribution in [2.75, 3.05) is 33.3 Å². The standard InChI is InChI=1S/C21H22N4O4/c1-28-18-9-7-17(8-10-18)25-19(21(27)29-22-25)20(26)24-13-11-23(12-14-24)15-16-5-3-2-4-6-16/h2-10H,11-15H2,1H3. The van der Waals surface area contributed by atoms with Crippen LogP contribution >= 0.6 is 0 Å². The van der Waals surface area contributed by atoms with Gasteiger partial charge in [0, 0.05) is 44.9 Å². The Morgan fingerprint density at radius 2 is 1.79 bits per heavy atom. The molecule has 8 nitrogen and oxygen atoms in total. The van der Waals surface area contributed by atoms with E-state index < -0.39 is 5.95 Å². The molecule has 2 aromatic carbocycles. The van der Waals surface area contributed by atoms with E-state index in [1.807, 2.05) is 18.2 Å². The lowest BCUT2D eigenvalue weighted by molar-refractivity contribution is -0.672. The molecule has 1 aromatic heterocycles. The van der Waals surface area contributed by atoms with E-state index in [4.69, 9.17) is 9.26 Å². The number of ether oxygens (including phenoxy) is 1. The van der Waals surface area contributed by atoms with E-state index in [1.54, 1.807) is 36.3 Å². The average Bonchev–Trinajstić information content (AvgIpc) is 3.16. The number of piperazine rings is 1. The average molecular weight is 394 g/mol. The Morgan fingerprint density at radius 3 is 2.45 bits per heavy atom. The molecule has 1 aliphatic heterocycles. The highest BCUT2D eigenvalue weighted by Crippen LogP contribution is 2.17. The minimum absolute atomic E-state index is 0.0910. The molecule has 0 atom stereocenters. The molecule has 0 spiro atoms. The molecule has 0 N–H and O–H groups in total. The molecule has 150 valence electrons. The SMILES string of the molecule is COc1ccc(-[n+]2noc([O-])c2C(=O)N2CCN(Cc3ccccc3)CC2)cc1. The fourth-order valence-corrected chi connectivity index (χ4v) is 3.43. The van der Waals surface area contributed by atoms with Crippen LogP contribution in [-0.2, 0) is 6.54 Å². The number of aromatic nitrogens is 2. The van der Waals surface area contributed by atoms with Gasteiger partial charge in [-0.1, -0.05) is 30.3 Å². The molecule has 8 heteroatoms. The third-order valence-electron chi connectivity index (χ3n) is 5.04. The van der Waals surface area contributed by atoms with Crippen LogP contribution in [0.1, 0.15) is 16.1 Å². The van der Waals surface area contributed by atoms with Crippen molar-refractivity contribution in [2.24, 2.45) is 0 Å². The Balaban J connectivity index is 1.46. The van der Waals surface area contributed by atoms with Crippen molar-refractivity contribution in [3.63, 3.8) is 0 Å². The summed E-state index contributed by atoms with van der Waals surface area (Å²) >= 11 is 0. The Labute approximate surface area is 168 Å². The van der Waals surface area contributed by atoms with Gasteiger partial charge in [-0.05, 0) is 22.4 Å². The number of hydrogen-bond donors (Lipinski definition) is 0. The van der Waals surface area contributed by atoms with Gasteiger partial charge in [0.15, 0.2) is 5.95 Å². The zero-order valence-corrected chi connectivity index (χ0v) is 16.2. The number of nitrogens with zero attached hydrogens (tertiary/aromatic N) is 4. The minimum Gasteiger partial charge on any atom is -0.538 e. The van der Waals surface area contributed by atoms with Gasteiger partial charge in [-0.2, -0.15) is 0 Å². The van der Waals surface area contributed by atoms with Crippen LogP contribution in [0.25, 0.3) is 5.69 Å². The molecule has 1 aliphatic rings. The summed E-state index contributed by atoms with van der Waals surface area (Å²) in [5.74, 6) is -0.438. The number of carbonyl (C=O) groups is 1. The highest BCUT2D eigenvalue weighted by atomic mass is 16.6. The van der Waals surface area contributed by atoms with E-state index in [1.165, 1.54) is 10.2 Å². The van der Waals surface area contributed by atoms with E-state index >= 15 is 0 Å². The van der Waals surface area contributed by atoms with Gasteiger partial charge in [0.1, 0.15) is 5.75 Å². The molecule has 1 fully saturated rings. The smallest absolute Gasteiger partial charge is 0.327 e. The summed E-state index contributed by atoms with van der Waals surface area (Å²) < 4.78 is 11.2. The molecule has 0 radical (unpaired) electrons. The first kappa shape index (κ1) is 18.9. The van der Waals surface area contributed by atoms with Gasteiger partial charge in [-0.15, -0.1) is 0 Å². The van der Waals surface area contributed by atoms with Crippen LogP contribution in [0.2, 0.25) is 0 Å². The van der Waals surface area contributed by atoms with Crippen molar-refractivity contribution in [2.45, 2.75) is 6.54 Å². The highest BCUT2D eigenvalue weighted by molar-refractivity contribution is 5.92. The third-order valence-corrected chi connectivity index (χ3v) is 5.04. The van der Waals surface area contributed by atoms with Gasteiger partial charge in [0.25, 0.3) is 0 Å². The maximum absolute atomic E-state index is 13.0. The van der Waals surface area contributed by atoms with E-state index in [0.29, 0.717) is 24.5 Å². The van der Waals surface area contributed by atoms with Gasteiger partial charge >= 0.3 is 11.6 Å². The van der Waals surface area contributed by atoms with Gasteiger partial charge in [-0.25, -0.2) is 0 Å². The first-order valence-corrected chi connectivity index (χ1v) is 9.44. The normalized spacial score (nSPS) is 14.7. The lowest BCUT2D eigenvalue weighted by Gasteiger charge is -2.34. The number of hydrogen-bond acceptors (Lipinski definition) is 6. The second-order valence-corrected chi connectivity index (χ2v) is 6.87. The number of rotatable bonds is 5. The summed E-state index contributed by atoms with van der Waals surface area (Å²) in [7, 11) is 1.57. The molecule has 0 aliphatic carbocycles. The van der Waals surface area contributed by atoms with Crippen molar-refractivity contribution < 1.29 is 23.8 Å². The zero-order chi connectivity index (χ0) is 20.2. The second kappa shape index (κ2) is 8.32. The van der Waals surface area contributed by atoms with Crippen molar-refractivity contribution in [1.82, 2.24) is 15.1 Å². The Hall–Kier alpha value is -3.39. The molecule has 1 saturated heterocycles. The zero-order valence-electron chi connectivity index (χ0n) is 16.2. The van der Waals surface area contributed by atoms with E-state index in [9.17, 15) is 9.90 Å². The predicted molar refractivity (Wildman–Crippen MR) is 102 cm³/mol. The molecule has 3 aromatic rings. The van der Waals surface area contributed by atoms with Crippen LogP contribution in [-0.4, -0.2) is 54.3 Å². The number of methoxy groups -OCH3 is 1. The summed E-state index contributed by atoms with van der Waals surface area (Å²) in [4.78, 5) is 17.0. The first-order valence-electron chi connectivity index (χ1n) is 9.44. The van der Waals surface area contributed by atoms with Crippen LogP contribution in [0.15, 0.2) is 59.1 Å². The largest absolute Gasteiger partial charge is 0.538 e. The first-order chi connectivity index (χ1) is 14.2. The molecule has 0 saturated carbocycles. The Bertz CT molecular complexity index is 964. The summed E-state index contributed by atoms with van der Waals surface area (Å²) in [5, 5.41) is 16.0. The topological polar surface area (TPSA) is 85.8 Å². The van der Waals surface area contributed by atoms with E-state index in [2.05, 4.69) is 22.3 Å². The summed E-state index contributed by atoms with van der Waals surface area (Å²) in [6.45, 7) is 3.40. The van der Waals surface area contributed by atoms with Gasteiger partial charge in [0.2, 0.25) is 5.69 Å². The molecule has 0 bridgehead atoms. The summed E-state index contributed by atoms with van der Waals surface area (Å²) in [6, 6.07) is 17.1. The number of carbonyl (C=O) groups excluding carboxylic acids is 1. The van der Waals surface area contributed by atoms with Crippen LogP contribution in [0.5, 0.6) is 11.7 Å². The lowest BCUT2D eigenvalue weighted by Crippen LogP contribution is -2.51.